The summed E-state index contributed by atoms with van der Waals surface area (Å²) >= 11 is 1.47. The van der Waals surface area contributed by atoms with Gasteiger partial charge in [-0.05, 0) is 29.7 Å². The predicted octanol–water partition coefficient (Wildman–Crippen LogP) is 3.73. The maximum Gasteiger partial charge on any atom is 0.264 e. The SMILES string of the molecule is CN(c1cc2ccccc2s1)S(=O)(=O)c1ccccc1. The lowest BCUT2D eigenvalue weighted by Crippen LogP contribution is -2.25. The summed E-state index contributed by atoms with van der Waals surface area (Å²) in [5.41, 5.74) is 0. The molecular formula is C15H13NO2S2. The summed E-state index contributed by atoms with van der Waals surface area (Å²) < 4.78 is 27.5. The minimum absolute atomic E-state index is 0.306. The van der Waals surface area contributed by atoms with Crippen molar-refractivity contribution in [2.75, 3.05) is 11.4 Å². The Bertz CT molecular complexity index is 805. The van der Waals surface area contributed by atoms with E-state index in [0.717, 1.165) is 15.1 Å². The van der Waals surface area contributed by atoms with Gasteiger partial charge in [-0.1, -0.05) is 36.4 Å². The smallest absolute Gasteiger partial charge is 0.260 e. The number of thiophene rings is 1. The molecule has 0 aliphatic rings. The van der Waals surface area contributed by atoms with Gasteiger partial charge in [-0.2, -0.15) is 0 Å². The van der Waals surface area contributed by atoms with Crippen molar-refractivity contribution in [3.8, 4) is 0 Å². The number of benzene rings is 2. The largest absolute Gasteiger partial charge is 0.264 e. The summed E-state index contributed by atoms with van der Waals surface area (Å²) in [6.07, 6.45) is 0. The standard InChI is InChI=1S/C15H13NO2S2/c1-16(20(17,18)13-8-3-2-4-9-13)15-11-12-7-5-6-10-14(12)19-15/h2-11H,1H3. The molecule has 3 rings (SSSR count). The van der Waals surface area contributed by atoms with Crippen LogP contribution in [0.15, 0.2) is 65.6 Å². The van der Waals surface area contributed by atoms with E-state index in [1.165, 1.54) is 15.6 Å². The molecule has 0 N–H and O–H groups in total. The molecule has 0 amide bonds. The van der Waals surface area contributed by atoms with Gasteiger partial charge in [0.1, 0.15) is 5.00 Å². The van der Waals surface area contributed by atoms with E-state index in [1.807, 2.05) is 30.3 Å². The third-order valence-corrected chi connectivity index (χ3v) is 6.22. The molecule has 0 unspecified atom stereocenters. The molecule has 5 heteroatoms. The van der Waals surface area contributed by atoms with Crippen molar-refractivity contribution in [2.24, 2.45) is 0 Å². The van der Waals surface area contributed by atoms with Crippen LogP contribution in [0.5, 0.6) is 0 Å². The van der Waals surface area contributed by atoms with E-state index < -0.39 is 10.0 Å². The fraction of sp³-hybridized carbons (Fsp3) is 0.0667. The van der Waals surface area contributed by atoms with Crippen LogP contribution in [-0.4, -0.2) is 15.5 Å². The van der Waals surface area contributed by atoms with Crippen LogP contribution in [0, 0.1) is 0 Å². The lowest BCUT2D eigenvalue weighted by atomic mass is 10.3. The zero-order chi connectivity index (χ0) is 14.2. The van der Waals surface area contributed by atoms with Gasteiger partial charge in [0, 0.05) is 11.7 Å². The summed E-state index contributed by atoms with van der Waals surface area (Å²) in [7, 11) is -1.91. The normalized spacial score (nSPS) is 11.7. The first-order chi connectivity index (χ1) is 9.59. The van der Waals surface area contributed by atoms with E-state index in [0.29, 0.717) is 4.90 Å². The molecule has 0 fully saturated rings. The Morgan fingerprint density at radius 3 is 2.30 bits per heavy atom. The minimum Gasteiger partial charge on any atom is -0.260 e. The van der Waals surface area contributed by atoms with E-state index >= 15 is 0 Å². The third-order valence-electron chi connectivity index (χ3n) is 3.12. The van der Waals surface area contributed by atoms with Crippen LogP contribution in [0.2, 0.25) is 0 Å². The van der Waals surface area contributed by atoms with Gasteiger partial charge < -0.3 is 0 Å². The first kappa shape index (κ1) is 13.1. The molecule has 1 heterocycles. The highest BCUT2D eigenvalue weighted by Gasteiger charge is 2.22. The van der Waals surface area contributed by atoms with E-state index in [9.17, 15) is 8.42 Å². The molecule has 1 aromatic heterocycles. The van der Waals surface area contributed by atoms with Crippen molar-refractivity contribution >= 4 is 36.4 Å². The molecule has 0 aliphatic heterocycles. The average Bonchev–Trinajstić information content (AvgIpc) is 2.91. The zero-order valence-electron chi connectivity index (χ0n) is 10.9. The summed E-state index contributed by atoms with van der Waals surface area (Å²) in [5, 5.41) is 1.78. The maximum atomic E-state index is 12.5. The molecule has 3 aromatic rings. The van der Waals surface area contributed by atoms with Crippen molar-refractivity contribution in [3.05, 3.63) is 60.7 Å². The topological polar surface area (TPSA) is 37.4 Å². The number of sulfonamides is 1. The first-order valence-corrected chi connectivity index (χ1v) is 8.37. The second-order valence-corrected chi connectivity index (χ2v) is 7.44. The Kier molecular flexibility index (Phi) is 3.23. The highest BCUT2D eigenvalue weighted by molar-refractivity contribution is 7.93. The third kappa shape index (κ3) is 2.19. The van der Waals surface area contributed by atoms with Crippen molar-refractivity contribution < 1.29 is 8.42 Å². The average molecular weight is 303 g/mol. The molecule has 0 atom stereocenters. The van der Waals surface area contributed by atoms with Crippen LogP contribution in [-0.2, 0) is 10.0 Å². The fourth-order valence-electron chi connectivity index (χ4n) is 1.99. The van der Waals surface area contributed by atoms with Crippen LogP contribution in [0.4, 0.5) is 5.00 Å². The molecule has 102 valence electrons. The van der Waals surface area contributed by atoms with Gasteiger partial charge in [-0.25, -0.2) is 8.42 Å². The van der Waals surface area contributed by atoms with Gasteiger partial charge in [0.05, 0.1) is 4.90 Å². The summed E-state index contributed by atoms with van der Waals surface area (Å²) in [6, 6.07) is 18.3. The maximum absolute atomic E-state index is 12.5. The number of fused-ring (bicyclic) bond motifs is 1. The van der Waals surface area contributed by atoms with Crippen molar-refractivity contribution in [3.63, 3.8) is 0 Å². The molecule has 0 saturated heterocycles. The predicted molar refractivity (Wildman–Crippen MR) is 83.9 cm³/mol. The first-order valence-electron chi connectivity index (χ1n) is 6.11. The number of hydrogen-bond donors (Lipinski definition) is 0. The van der Waals surface area contributed by atoms with E-state index in [4.69, 9.17) is 0 Å². The van der Waals surface area contributed by atoms with Gasteiger partial charge >= 0.3 is 0 Å². The van der Waals surface area contributed by atoms with Crippen molar-refractivity contribution in [1.29, 1.82) is 0 Å². The lowest BCUT2D eigenvalue weighted by Gasteiger charge is -2.17. The molecule has 2 aromatic carbocycles. The Labute approximate surface area is 122 Å². The monoisotopic (exact) mass is 303 g/mol. The van der Waals surface area contributed by atoms with Crippen molar-refractivity contribution in [1.82, 2.24) is 0 Å². The van der Waals surface area contributed by atoms with Crippen LogP contribution >= 0.6 is 11.3 Å². The second kappa shape index (κ2) is 4.92. The minimum atomic E-state index is -3.50. The molecule has 0 aliphatic carbocycles. The van der Waals surface area contributed by atoms with Gasteiger partial charge in [-0.3, -0.25) is 4.31 Å². The van der Waals surface area contributed by atoms with Crippen LogP contribution in [0.3, 0.4) is 0 Å². The van der Waals surface area contributed by atoms with Gasteiger partial charge in [-0.15, -0.1) is 11.3 Å². The number of hydrogen-bond acceptors (Lipinski definition) is 3. The summed E-state index contributed by atoms with van der Waals surface area (Å²) in [6.45, 7) is 0. The number of rotatable bonds is 3. The zero-order valence-corrected chi connectivity index (χ0v) is 12.5. The number of nitrogens with zero attached hydrogens (tertiary/aromatic N) is 1. The van der Waals surface area contributed by atoms with Crippen LogP contribution < -0.4 is 4.31 Å². The summed E-state index contributed by atoms with van der Waals surface area (Å²) in [5.74, 6) is 0. The molecule has 0 saturated carbocycles. The molecule has 3 nitrogen and oxygen atoms in total. The van der Waals surface area contributed by atoms with Gasteiger partial charge in [0.2, 0.25) is 0 Å². The molecule has 0 radical (unpaired) electrons. The van der Waals surface area contributed by atoms with Crippen molar-refractivity contribution in [2.45, 2.75) is 4.90 Å². The summed E-state index contributed by atoms with van der Waals surface area (Å²) in [4.78, 5) is 0.306. The Morgan fingerprint density at radius 1 is 0.950 bits per heavy atom. The van der Waals surface area contributed by atoms with E-state index in [1.54, 1.807) is 37.4 Å². The second-order valence-electron chi connectivity index (χ2n) is 4.41. The lowest BCUT2D eigenvalue weighted by molar-refractivity contribution is 0.594. The van der Waals surface area contributed by atoms with Gasteiger partial charge in [0.15, 0.2) is 0 Å². The highest BCUT2D eigenvalue weighted by atomic mass is 32.2. The van der Waals surface area contributed by atoms with E-state index in [-0.39, 0.29) is 0 Å². The Hall–Kier alpha value is -1.85. The van der Waals surface area contributed by atoms with Crippen LogP contribution in [0.25, 0.3) is 10.1 Å². The molecular weight excluding hydrogens is 290 g/mol. The van der Waals surface area contributed by atoms with Crippen LogP contribution in [0.1, 0.15) is 0 Å². The fourth-order valence-corrected chi connectivity index (χ4v) is 4.44. The Morgan fingerprint density at radius 2 is 1.60 bits per heavy atom. The number of anilines is 1. The van der Waals surface area contributed by atoms with E-state index in [2.05, 4.69) is 0 Å². The Balaban J connectivity index is 2.06. The molecule has 0 bridgehead atoms. The molecule has 20 heavy (non-hydrogen) atoms. The molecule has 0 spiro atoms. The quantitative estimate of drug-likeness (QED) is 0.739. The highest BCUT2D eigenvalue weighted by Crippen LogP contribution is 2.34. The van der Waals surface area contributed by atoms with Gasteiger partial charge in [0.25, 0.3) is 10.0 Å².